The van der Waals surface area contributed by atoms with Gasteiger partial charge in [0.15, 0.2) is 0 Å². The van der Waals surface area contributed by atoms with Crippen molar-refractivity contribution in [3.63, 3.8) is 0 Å². The van der Waals surface area contributed by atoms with Gasteiger partial charge in [-0.15, -0.1) is 34.8 Å². The fourth-order valence-corrected chi connectivity index (χ4v) is 1.65. The van der Waals surface area contributed by atoms with E-state index in [1.165, 1.54) is 0 Å². The lowest BCUT2D eigenvalue weighted by molar-refractivity contribution is 0.720. The Labute approximate surface area is 71.5 Å². The fourth-order valence-electron chi connectivity index (χ4n) is 0.589. The van der Waals surface area contributed by atoms with E-state index in [0.29, 0.717) is 5.88 Å². The third-order valence-corrected chi connectivity index (χ3v) is 1.80. The molecule has 0 aromatic rings. The van der Waals surface area contributed by atoms with E-state index in [-0.39, 0.29) is 10.8 Å². The maximum Gasteiger partial charge on any atom is 0.0361 e. The molecule has 0 aliphatic heterocycles. The quantitative estimate of drug-likeness (QED) is 0.596. The first-order chi connectivity index (χ1) is 4.16. The Balaban J connectivity index is 3.15. The molecule has 56 valence electrons. The minimum Gasteiger partial charge on any atom is -0.127 e. The normalized spacial score (nSPS) is 17.3. The van der Waals surface area contributed by atoms with Crippen LogP contribution in [0.3, 0.4) is 0 Å². The van der Waals surface area contributed by atoms with Crippen molar-refractivity contribution in [1.82, 2.24) is 0 Å². The first kappa shape index (κ1) is 9.87. The fraction of sp³-hybridized carbons (Fsp3) is 1.00. The molecule has 0 saturated heterocycles. The van der Waals surface area contributed by atoms with E-state index in [1.807, 2.05) is 6.92 Å². The molecule has 0 aromatic carbocycles. The van der Waals surface area contributed by atoms with E-state index >= 15 is 0 Å². The highest BCUT2D eigenvalue weighted by Crippen LogP contribution is 2.13. The van der Waals surface area contributed by atoms with Crippen LogP contribution in [0, 0.1) is 0 Å². The molecule has 9 heavy (non-hydrogen) atoms. The van der Waals surface area contributed by atoms with Gasteiger partial charge in [0.2, 0.25) is 0 Å². The van der Waals surface area contributed by atoms with Crippen LogP contribution in [0.15, 0.2) is 0 Å². The summed E-state index contributed by atoms with van der Waals surface area (Å²) in [5.41, 5.74) is 0. The van der Waals surface area contributed by atoms with Crippen LogP contribution in [0.1, 0.15) is 19.8 Å². The Morgan fingerprint density at radius 2 is 1.89 bits per heavy atom. The van der Waals surface area contributed by atoms with Gasteiger partial charge in [0.05, 0.1) is 0 Å². The van der Waals surface area contributed by atoms with Gasteiger partial charge < -0.3 is 0 Å². The Morgan fingerprint density at radius 1 is 1.33 bits per heavy atom. The smallest absolute Gasteiger partial charge is 0.0361 e. The van der Waals surface area contributed by atoms with Gasteiger partial charge in [0, 0.05) is 16.6 Å². The molecule has 0 fully saturated rings. The minimum absolute atomic E-state index is 0.148. The number of alkyl halides is 3. The van der Waals surface area contributed by atoms with E-state index in [1.54, 1.807) is 0 Å². The molecule has 0 heterocycles. The zero-order valence-corrected chi connectivity index (χ0v) is 7.68. The van der Waals surface area contributed by atoms with Crippen molar-refractivity contribution in [2.24, 2.45) is 0 Å². The highest BCUT2D eigenvalue weighted by atomic mass is 35.5. The highest BCUT2D eigenvalue weighted by molar-refractivity contribution is 6.24. The maximum atomic E-state index is 5.81. The number of rotatable bonds is 4. The molecular formula is C6H11Cl3. The molecular weight excluding hydrogens is 178 g/mol. The summed E-state index contributed by atoms with van der Waals surface area (Å²) in [6.07, 6.45) is 1.69. The van der Waals surface area contributed by atoms with Crippen LogP contribution in [0.2, 0.25) is 0 Å². The third kappa shape index (κ3) is 6.76. The molecule has 0 N–H and O–H groups in total. The van der Waals surface area contributed by atoms with Gasteiger partial charge in [0.1, 0.15) is 0 Å². The van der Waals surface area contributed by atoms with Crippen molar-refractivity contribution in [1.29, 1.82) is 0 Å². The van der Waals surface area contributed by atoms with Crippen molar-refractivity contribution in [3.8, 4) is 0 Å². The standard InChI is InChI=1S/C6H11Cl3/c1-5(8)4-6(9)2-3-7/h5-6H,2-4H2,1H3. The van der Waals surface area contributed by atoms with E-state index in [2.05, 4.69) is 0 Å². The SMILES string of the molecule is CC(Cl)CC(Cl)CCCl. The van der Waals surface area contributed by atoms with Crippen molar-refractivity contribution in [2.75, 3.05) is 5.88 Å². The van der Waals surface area contributed by atoms with Crippen molar-refractivity contribution >= 4 is 34.8 Å². The summed E-state index contributed by atoms with van der Waals surface area (Å²) in [6.45, 7) is 1.94. The highest BCUT2D eigenvalue weighted by Gasteiger charge is 2.06. The van der Waals surface area contributed by atoms with Crippen LogP contribution in [-0.2, 0) is 0 Å². The molecule has 0 nitrogen and oxygen atoms in total. The van der Waals surface area contributed by atoms with E-state index in [9.17, 15) is 0 Å². The Hall–Kier alpha value is 0.870. The van der Waals surface area contributed by atoms with Gasteiger partial charge >= 0.3 is 0 Å². The molecule has 2 unspecified atom stereocenters. The maximum absolute atomic E-state index is 5.81. The van der Waals surface area contributed by atoms with Crippen LogP contribution >= 0.6 is 34.8 Å². The summed E-state index contributed by atoms with van der Waals surface area (Å²) in [5, 5.41) is 0.311. The van der Waals surface area contributed by atoms with Crippen LogP contribution in [-0.4, -0.2) is 16.6 Å². The average molecular weight is 190 g/mol. The zero-order chi connectivity index (χ0) is 7.28. The molecule has 0 amide bonds. The number of halogens is 3. The molecule has 0 saturated carbocycles. The number of hydrogen-bond acceptors (Lipinski definition) is 0. The first-order valence-corrected chi connectivity index (χ1v) is 4.41. The predicted octanol–water partition coefficient (Wildman–Crippen LogP) is 3.24. The summed E-state index contributed by atoms with van der Waals surface area (Å²) in [7, 11) is 0. The van der Waals surface area contributed by atoms with Crippen LogP contribution in [0.5, 0.6) is 0 Å². The monoisotopic (exact) mass is 188 g/mol. The second-order valence-electron chi connectivity index (χ2n) is 2.09. The lowest BCUT2D eigenvalue weighted by atomic mass is 10.2. The van der Waals surface area contributed by atoms with Crippen LogP contribution < -0.4 is 0 Å². The summed E-state index contributed by atoms with van der Waals surface area (Å²) < 4.78 is 0. The molecule has 0 aliphatic rings. The van der Waals surface area contributed by atoms with Gasteiger partial charge in [-0.2, -0.15) is 0 Å². The van der Waals surface area contributed by atoms with E-state index in [0.717, 1.165) is 12.8 Å². The largest absolute Gasteiger partial charge is 0.127 e. The van der Waals surface area contributed by atoms with Gasteiger partial charge in [-0.1, -0.05) is 0 Å². The molecule has 0 rings (SSSR count). The summed E-state index contributed by atoms with van der Waals surface area (Å²) in [5.74, 6) is 0.623. The van der Waals surface area contributed by atoms with E-state index < -0.39 is 0 Å². The third-order valence-electron chi connectivity index (χ3n) is 1.00. The molecule has 0 bridgehead atoms. The van der Waals surface area contributed by atoms with Gasteiger partial charge in [-0.3, -0.25) is 0 Å². The molecule has 3 heteroatoms. The second-order valence-corrected chi connectivity index (χ2v) is 3.83. The molecule has 2 atom stereocenters. The summed E-state index contributed by atoms with van der Waals surface area (Å²) in [6, 6.07) is 0. The van der Waals surface area contributed by atoms with Crippen molar-refractivity contribution in [2.45, 2.75) is 30.5 Å². The van der Waals surface area contributed by atoms with Gasteiger partial charge in [-0.05, 0) is 19.8 Å². The van der Waals surface area contributed by atoms with Crippen LogP contribution in [0.25, 0.3) is 0 Å². The summed E-state index contributed by atoms with van der Waals surface area (Å²) in [4.78, 5) is 0. The zero-order valence-electron chi connectivity index (χ0n) is 5.41. The molecule has 0 aromatic heterocycles. The summed E-state index contributed by atoms with van der Waals surface area (Å²) >= 11 is 16.9. The van der Waals surface area contributed by atoms with Gasteiger partial charge in [0.25, 0.3) is 0 Å². The van der Waals surface area contributed by atoms with E-state index in [4.69, 9.17) is 34.8 Å². The van der Waals surface area contributed by atoms with Crippen molar-refractivity contribution < 1.29 is 0 Å². The first-order valence-electron chi connectivity index (χ1n) is 3.01. The Bertz CT molecular complexity index is 63.3. The lowest BCUT2D eigenvalue weighted by Gasteiger charge is -2.07. The number of hydrogen-bond donors (Lipinski definition) is 0. The Morgan fingerprint density at radius 3 is 2.22 bits per heavy atom. The lowest BCUT2D eigenvalue weighted by Crippen LogP contribution is -2.05. The second kappa shape index (κ2) is 5.64. The predicted molar refractivity (Wildman–Crippen MR) is 44.9 cm³/mol. The Kier molecular flexibility index (Phi) is 6.18. The molecule has 0 radical (unpaired) electrons. The van der Waals surface area contributed by atoms with Gasteiger partial charge in [-0.25, -0.2) is 0 Å². The van der Waals surface area contributed by atoms with Crippen LogP contribution in [0.4, 0.5) is 0 Å². The molecule has 0 spiro atoms. The van der Waals surface area contributed by atoms with Crippen molar-refractivity contribution in [3.05, 3.63) is 0 Å². The topological polar surface area (TPSA) is 0 Å². The average Bonchev–Trinajstić information content (AvgIpc) is 1.63. The minimum atomic E-state index is 0.148. The molecule has 0 aliphatic carbocycles.